The van der Waals surface area contributed by atoms with Crippen molar-refractivity contribution in [2.45, 2.75) is 13.0 Å². The Bertz CT molecular complexity index is 643. The van der Waals surface area contributed by atoms with E-state index in [1.807, 2.05) is 12.1 Å². The van der Waals surface area contributed by atoms with Gasteiger partial charge in [-0.3, -0.25) is 0 Å². The predicted molar refractivity (Wildman–Crippen MR) is 91.6 cm³/mol. The lowest BCUT2D eigenvalue weighted by Gasteiger charge is -2.10. The van der Waals surface area contributed by atoms with Gasteiger partial charge in [0.05, 0.1) is 11.8 Å². The number of hydrogen-bond donors (Lipinski definition) is 3. The van der Waals surface area contributed by atoms with Crippen LogP contribution in [-0.2, 0) is 0 Å². The second-order valence-electron chi connectivity index (χ2n) is 4.50. The molecule has 0 aromatic heterocycles. The molecule has 2 aromatic rings. The minimum absolute atomic E-state index is 0.331. The molecule has 110 valence electrons. The standard InChI is InChI=1S/C15H14Br2N2O2/c1-9(20)10-2-5-12(6-3-10)18-15(21)19-14-7-4-11(16)8-13(14)17/h2-9,20H,1H3,(H2,18,19,21). The summed E-state index contributed by atoms with van der Waals surface area (Å²) >= 11 is 6.74. The molecule has 2 amide bonds. The largest absolute Gasteiger partial charge is 0.389 e. The van der Waals surface area contributed by atoms with E-state index < -0.39 is 6.10 Å². The first-order chi connectivity index (χ1) is 9.95. The highest BCUT2D eigenvalue weighted by atomic mass is 79.9. The van der Waals surface area contributed by atoms with Crippen LogP contribution in [0.4, 0.5) is 16.2 Å². The third-order valence-electron chi connectivity index (χ3n) is 2.83. The highest BCUT2D eigenvalue weighted by Gasteiger charge is 2.07. The molecule has 2 rings (SSSR count). The van der Waals surface area contributed by atoms with Crippen molar-refractivity contribution in [3.63, 3.8) is 0 Å². The van der Waals surface area contributed by atoms with Gasteiger partial charge >= 0.3 is 6.03 Å². The number of anilines is 2. The summed E-state index contributed by atoms with van der Waals surface area (Å²) in [5.41, 5.74) is 2.14. The van der Waals surface area contributed by atoms with E-state index in [-0.39, 0.29) is 6.03 Å². The summed E-state index contributed by atoms with van der Waals surface area (Å²) in [4.78, 5) is 11.9. The number of carbonyl (C=O) groups is 1. The zero-order chi connectivity index (χ0) is 15.4. The van der Waals surface area contributed by atoms with Crippen molar-refractivity contribution in [1.29, 1.82) is 0 Å². The minimum Gasteiger partial charge on any atom is -0.389 e. The second kappa shape index (κ2) is 7.06. The molecule has 0 aliphatic heterocycles. The number of rotatable bonds is 3. The number of nitrogens with one attached hydrogen (secondary N) is 2. The number of aliphatic hydroxyl groups excluding tert-OH is 1. The molecule has 0 fully saturated rings. The first-order valence-electron chi connectivity index (χ1n) is 6.27. The number of benzene rings is 2. The van der Waals surface area contributed by atoms with Crippen molar-refractivity contribution in [2.24, 2.45) is 0 Å². The van der Waals surface area contributed by atoms with Gasteiger partial charge in [0.15, 0.2) is 0 Å². The van der Waals surface area contributed by atoms with Gasteiger partial charge < -0.3 is 15.7 Å². The Hall–Kier alpha value is -1.37. The molecule has 0 heterocycles. The van der Waals surface area contributed by atoms with E-state index >= 15 is 0 Å². The Labute approximate surface area is 139 Å². The van der Waals surface area contributed by atoms with Gasteiger partial charge in [-0.2, -0.15) is 0 Å². The Morgan fingerprint density at radius 2 is 1.76 bits per heavy atom. The molecule has 3 N–H and O–H groups in total. The quantitative estimate of drug-likeness (QED) is 0.669. The topological polar surface area (TPSA) is 61.4 Å². The van der Waals surface area contributed by atoms with Crippen LogP contribution in [0.5, 0.6) is 0 Å². The fraction of sp³-hybridized carbons (Fsp3) is 0.133. The predicted octanol–water partition coefficient (Wildman–Crippen LogP) is 4.91. The molecule has 21 heavy (non-hydrogen) atoms. The number of carbonyl (C=O) groups excluding carboxylic acids is 1. The molecule has 0 aliphatic rings. The van der Waals surface area contributed by atoms with Crippen LogP contribution in [0.1, 0.15) is 18.6 Å². The van der Waals surface area contributed by atoms with Crippen LogP contribution in [0.2, 0.25) is 0 Å². The van der Waals surface area contributed by atoms with Gasteiger partial charge in [0.2, 0.25) is 0 Å². The molecule has 2 aromatic carbocycles. The summed E-state index contributed by atoms with van der Waals surface area (Å²) in [6.07, 6.45) is -0.522. The lowest BCUT2D eigenvalue weighted by Crippen LogP contribution is -2.19. The molecule has 0 spiro atoms. The lowest BCUT2D eigenvalue weighted by atomic mass is 10.1. The number of halogens is 2. The van der Waals surface area contributed by atoms with Crippen LogP contribution in [0.25, 0.3) is 0 Å². The Kier molecular flexibility index (Phi) is 5.39. The molecule has 1 unspecified atom stereocenters. The van der Waals surface area contributed by atoms with Crippen LogP contribution in [0.15, 0.2) is 51.4 Å². The van der Waals surface area contributed by atoms with E-state index in [2.05, 4.69) is 42.5 Å². The van der Waals surface area contributed by atoms with Gasteiger partial charge in [-0.05, 0) is 58.7 Å². The van der Waals surface area contributed by atoms with Gasteiger partial charge in [-0.25, -0.2) is 4.79 Å². The third-order valence-corrected chi connectivity index (χ3v) is 3.98. The van der Waals surface area contributed by atoms with Crippen LogP contribution < -0.4 is 10.6 Å². The number of hydrogen-bond acceptors (Lipinski definition) is 2. The maximum Gasteiger partial charge on any atom is 0.323 e. The molecular formula is C15H14Br2N2O2. The molecular weight excluding hydrogens is 400 g/mol. The normalized spacial score (nSPS) is 11.8. The van der Waals surface area contributed by atoms with Crippen LogP contribution in [0, 0.1) is 0 Å². The monoisotopic (exact) mass is 412 g/mol. The molecule has 0 aliphatic carbocycles. The lowest BCUT2D eigenvalue weighted by molar-refractivity contribution is 0.199. The summed E-state index contributed by atoms with van der Waals surface area (Å²) in [6, 6.07) is 12.2. The summed E-state index contributed by atoms with van der Waals surface area (Å²) in [7, 11) is 0. The van der Waals surface area contributed by atoms with Crippen LogP contribution >= 0.6 is 31.9 Å². The smallest absolute Gasteiger partial charge is 0.323 e. The fourth-order valence-electron chi connectivity index (χ4n) is 1.72. The van der Waals surface area contributed by atoms with Gasteiger partial charge in [-0.15, -0.1) is 0 Å². The third kappa shape index (κ3) is 4.56. The van der Waals surface area contributed by atoms with Crippen molar-refractivity contribution >= 4 is 49.3 Å². The van der Waals surface area contributed by atoms with Gasteiger partial charge in [-0.1, -0.05) is 28.1 Å². The minimum atomic E-state index is -0.522. The van der Waals surface area contributed by atoms with Crippen molar-refractivity contribution in [2.75, 3.05) is 10.6 Å². The zero-order valence-corrected chi connectivity index (χ0v) is 14.4. The maximum atomic E-state index is 11.9. The van der Waals surface area contributed by atoms with E-state index in [4.69, 9.17) is 0 Å². The molecule has 0 bridgehead atoms. The Morgan fingerprint density at radius 3 is 2.33 bits per heavy atom. The zero-order valence-electron chi connectivity index (χ0n) is 11.2. The van der Waals surface area contributed by atoms with Crippen molar-refractivity contribution < 1.29 is 9.90 Å². The van der Waals surface area contributed by atoms with Crippen LogP contribution in [-0.4, -0.2) is 11.1 Å². The number of urea groups is 1. The summed E-state index contributed by atoms with van der Waals surface area (Å²) in [5.74, 6) is 0. The highest BCUT2D eigenvalue weighted by Crippen LogP contribution is 2.26. The SMILES string of the molecule is CC(O)c1ccc(NC(=O)Nc2ccc(Br)cc2Br)cc1. The van der Waals surface area contributed by atoms with Gasteiger partial charge in [0, 0.05) is 14.6 Å². The average molecular weight is 414 g/mol. The van der Waals surface area contributed by atoms with Crippen molar-refractivity contribution in [3.05, 3.63) is 57.0 Å². The van der Waals surface area contributed by atoms with E-state index in [9.17, 15) is 9.90 Å². The molecule has 6 heteroatoms. The average Bonchev–Trinajstić information content (AvgIpc) is 2.42. The summed E-state index contributed by atoms with van der Waals surface area (Å²) < 4.78 is 1.71. The first-order valence-corrected chi connectivity index (χ1v) is 7.85. The van der Waals surface area contributed by atoms with E-state index in [1.165, 1.54) is 0 Å². The van der Waals surface area contributed by atoms with E-state index in [1.54, 1.807) is 37.3 Å². The first kappa shape index (κ1) is 16.0. The molecule has 4 nitrogen and oxygen atoms in total. The molecule has 0 radical (unpaired) electrons. The van der Waals surface area contributed by atoms with E-state index in [0.717, 1.165) is 14.5 Å². The highest BCUT2D eigenvalue weighted by molar-refractivity contribution is 9.11. The molecule has 1 atom stereocenters. The Morgan fingerprint density at radius 1 is 1.10 bits per heavy atom. The second-order valence-corrected chi connectivity index (χ2v) is 6.27. The van der Waals surface area contributed by atoms with Gasteiger partial charge in [0.1, 0.15) is 0 Å². The van der Waals surface area contributed by atoms with E-state index in [0.29, 0.717) is 11.4 Å². The summed E-state index contributed by atoms with van der Waals surface area (Å²) in [5, 5.41) is 14.9. The molecule has 0 saturated heterocycles. The molecule has 0 saturated carbocycles. The number of amides is 2. The van der Waals surface area contributed by atoms with Gasteiger partial charge in [0.25, 0.3) is 0 Å². The summed E-state index contributed by atoms with van der Waals surface area (Å²) in [6.45, 7) is 1.69. The fourth-order valence-corrected chi connectivity index (χ4v) is 2.87. The van der Waals surface area contributed by atoms with Crippen molar-refractivity contribution in [1.82, 2.24) is 0 Å². The number of aliphatic hydroxyl groups is 1. The van der Waals surface area contributed by atoms with Crippen LogP contribution in [0.3, 0.4) is 0 Å². The maximum absolute atomic E-state index is 11.9. The van der Waals surface area contributed by atoms with Crippen molar-refractivity contribution in [3.8, 4) is 0 Å². The Balaban J connectivity index is 2.01.